The van der Waals surface area contributed by atoms with Gasteiger partial charge in [-0.3, -0.25) is 14.0 Å². The molecule has 1 atom stereocenters. The number of carbonyl (C=O) groups is 2. The Morgan fingerprint density at radius 3 is 2.49 bits per heavy atom. The van der Waals surface area contributed by atoms with E-state index in [0.29, 0.717) is 23.4 Å². The van der Waals surface area contributed by atoms with Crippen LogP contribution < -0.4 is 19.3 Å². The highest BCUT2D eigenvalue weighted by Crippen LogP contribution is 2.38. The Hall–Kier alpha value is -3.34. The van der Waals surface area contributed by atoms with Crippen molar-refractivity contribution in [3.8, 4) is 5.75 Å². The summed E-state index contributed by atoms with van der Waals surface area (Å²) in [6.07, 6.45) is -0.688. The van der Waals surface area contributed by atoms with Gasteiger partial charge in [-0.05, 0) is 62.9 Å². The van der Waals surface area contributed by atoms with Gasteiger partial charge in [0.15, 0.2) is 11.6 Å². The number of nitrogens with zero attached hydrogens (tertiary/aromatic N) is 2. The molecule has 0 saturated carbocycles. The van der Waals surface area contributed by atoms with Crippen molar-refractivity contribution in [3.05, 3.63) is 47.8 Å². The molecule has 0 spiro atoms. The highest BCUT2D eigenvalue weighted by Gasteiger charge is 2.36. The number of amides is 2. The minimum Gasteiger partial charge on any atom is -0.494 e. The Labute approximate surface area is 204 Å². The van der Waals surface area contributed by atoms with Crippen molar-refractivity contribution in [3.63, 3.8) is 0 Å². The van der Waals surface area contributed by atoms with Crippen molar-refractivity contribution in [1.29, 1.82) is 0 Å². The van der Waals surface area contributed by atoms with E-state index in [9.17, 15) is 27.5 Å². The number of methoxy groups -OCH3 is 1. The molecule has 0 aromatic heterocycles. The molecule has 2 aromatic carbocycles. The number of nitrogens with one attached hydrogen (secondary N) is 1. The molecule has 11 heteroatoms. The first-order valence-corrected chi connectivity index (χ1v) is 12.5. The molecule has 0 fully saturated rings. The minimum absolute atomic E-state index is 0.0430. The summed E-state index contributed by atoms with van der Waals surface area (Å²) in [7, 11) is -2.94. The predicted octanol–water partition coefficient (Wildman–Crippen LogP) is 3.62. The molecule has 35 heavy (non-hydrogen) atoms. The number of halogens is 1. The third-order valence-corrected chi connectivity index (χ3v) is 7.52. The molecule has 3 rings (SSSR count). The van der Waals surface area contributed by atoms with E-state index < -0.39 is 27.5 Å². The Kier molecular flexibility index (Phi) is 7.30. The van der Waals surface area contributed by atoms with Crippen LogP contribution in [0.15, 0.2) is 41.3 Å². The Morgan fingerprint density at radius 2 is 1.91 bits per heavy atom. The lowest BCUT2D eigenvalue weighted by atomic mass is 9.93. The molecule has 9 nitrogen and oxygen atoms in total. The Balaban J connectivity index is 2.15. The molecular weight excluding hydrogens is 477 g/mol. The fourth-order valence-corrected chi connectivity index (χ4v) is 5.76. The monoisotopic (exact) mass is 507 g/mol. The third kappa shape index (κ3) is 5.50. The number of anilines is 2. The largest absolute Gasteiger partial charge is 0.494 e. The number of hydrogen-bond donors (Lipinski definition) is 2. The Bertz CT molecular complexity index is 1240. The fourth-order valence-electron chi connectivity index (χ4n) is 4.17. The summed E-state index contributed by atoms with van der Waals surface area (Å²) in [5.74, 6) is -1.37. The summed E-state index contributed by atoms with van der Waals surface area (Å²) < 4.78 is 47.6. The van der Waals surface area contributed by atoms with E-state index in [4.69, 9.17) is 4.74 Å². The average Bonchev–Trinajstić information content (AvgIpc) is 2.76. The topological polar surface area (TPSA) is 116 Å². The molecule has 1 unspecified atom stereocenters. The van der Waals surface area contributed by atoms with Crippen molar-refractivity contribution in [2.24, 2.45) is 5.92 Å². The highest BCUT2D eigenvalue weighted by molar-refractivity contribution is 7.92. The van der Waals surface area contributed by atoms with Crippen molar-refractivity contribution in [1.82, 2.24) is 5.32 Å². The van der Waals surface area contributed by atoms with E-state index in [1.54, 1.807) is 39.0 Å². The zero-order chi connectivity index (χ0) is 26.1. The van der Waals surface area contributed by atoms with Crippen LogP contribution in [0.1, 0.15) is 33.3 Å². The zero-order valence-electron chi connectivity index (χ0n) is 20.3. The second-order valence-corrected chi connectivity index (χ2v) is 11.3. The van der Waals surface area contributed by atoms with Gasteiger partial charge in [0.05, 0.1) is 17.7 Å². The molecule has 1 heterocycles. The van der Waals surface area contributed by atoms with Crippen LogP contribution in [-0.2, 0) is 21.2 Å². The number of carboxylic acid groups (broad SMARTS) is 1. The fraction of sp³-hybridized carbons (Fsp3) is 0.417. The van der Waals surface area contributed by atoms with Crippen LogP contribution in [0, 0.1) is 11.7 Å². The number of hydrogen-bond acceptors (Lipinski definition) is 5. The van der Waals surface area contributed by atoms with Gasteiger partial charge in [0, 0.05) is 37.3 Å². The van der Waals surface area contributed by atoms with E-state index in [1.807, 2.05) is 0 Å². The molecule has 1 aliphatic heterocycles. The van der Waals surface area contributed by atoms with Crippen molar-refractivity contribution in [2.75, 3.05) is 29.4 Å². The van der Waals surface area contributed by atoms with E-state index in [2.05, 4.69) is 5.32 Å². The summed E-state index contributed by atoms with van der Waals surface area (Å²) in [6, 6.07) is 8.19. The molecular formula is C24H30FN3O6S. The summed E-state index contributed by atoms with van der Waals surface area (Å²) in [5, 5.41) is 12.6. The maximum absolute atomic E-state index is 14.0. The van der Waals surface area contributed by atoms with Crippen LogP contribution in [-0.4, -0.2) is 51.3 Å². The number of fused-ring (bicyclic) bond motifs is 1. The van der Waals surface area contributed by atoms with Gasteiger partial charge in [0.25, 0.3) is 10.0 Å². The molecule has 2 aromatic rings. The second-order valence-electron chi connectivity index (χ2n) is 9.44. The smallest absolute Gasteiger partial charge is 0.412 e. The van der Waals surface area contributed by atoms with Gasteiger partial charge in [-0.2, -0.15) is 0 Å². The van der Waals surface area contributed by atoms with Gasteiger partial charge < -0.3 is 15.2 Å². The van der Waals surface area contributed by atoms with Gasteiger partial charge in [-0.25, -0.2) is 17.6 Å². The van der Waals surface area contributed by atoms with E-state index in [1.165, 1.54) is 23.2 Å². The molecule has 0 aliphatic carbocycles. The van der Waals surface area contributed by atoms with Gasteiger partial charge in [0.1, 0.15) is 0 Å². The number of benzene rings is 2. The molecule has 2 amide bonds. The van der Waals surface area contributed by atoms with Crippen LogP contribution in [0.2, 0.25) is 0 Å². The van der Waals surface area contributed by atoms with E-state index in [0.717, 1.165) is 18.2 Å². The molecule has 2 N–H and O–H groups in total. The molecule has 0 bridgehead atoms. The van der Waals surface area contributed by atoms with Gasteiger partial charge in [-0.15, -0.1) is 0 Å². The van der Waals surface area contributed by atoms with Crippen molar-refractivity contribution < 1.29 is 32.2 Å². The first-order valence-electron chi connectivity index (χ1n) is 11.0. The molecule has 1 aliphatic rings. The highest BCUT2D eigenvalue weighted by atomic mass is 32.2. The molecule has 190 valence electrons. The SMILES string of the molecule is COc1cc(S(=O)(=O)N2CC(CNC(C)=O)Cc3ccc(N(C(=O)O)C(C)(C)C)cc32)ccc1F. The normalized spacial score (nSPS) is 15.8. The lowest BCUT2D eigenvalue weighted by molar-refractivity contribution is -0.119. The lowest BCUT2D eigenvalue weighted by Crippen LogP contribution is -2.46. The lowest BCUT2D eigenvalue weighted by Gasteiger charge is -2.38. The average molecular weight is 508 g/mol. The number of carbonyl (C=O) groups excluding carboxylic acids is 1. The molecule has 0 saturated heterocycles. The summed E-state index contributed by atoms with van der Waals surface area (Å²) in [4.78, 5) is 24.5. The summed E-state index contributed by atoms with van der Waals surface area (Å²) in [5.41, 5.74) is 0.560. The van der Waals surface area contributed by atoms with E-state index >= 15 is 0 Å². The molecule has 0 radical (unpaired) electrons. The van der Waals surface area contributed by atoms with Crippen molar-refractivity contribution in [2.45, 2.75) is 44.6 Å². The van der Waals surface area contributed by atoms with Crippen LogP contribution in [0.3, 0.4) is 0 Å². The maximum atomic E-state index is 14.0. The second kappa shape index (κ2) is 9.73. The van der Waals surface area contributed by atoms with Crippen LogP contribution in [0.25, 0.3) is 0 Å². The van der Waals surface area contributed by atoms with Crippen LogP contribution in [0.4, 0.5) is 20.6 Å². The quantitative estimate of drug-likeness (QED) is 0.617. The number of rotatable bonds is 6. The summed E-state index contributed by atoms with van der Waals surface area (Å²) >= 11 is 0. The third-order valence-electron chi connectivity index (χ3n) is 5.74. The Morgan fingerprint density at radius 1 is 1.23 bits per heavy atom. The van der Waals surface area contributed by atoms with Gasteiger partial charge in [-0.1, -0.05) is 6.07 Å². The number of ether oxygens (including phenoxy) is 1. The van der Waals surface area contributed by atoms with Gasteiger partial charge in [0.2, 0.25) is 5.91 Å². The van der Waals surface area contributed by atoms with Crippen LogP contribution in [0.5, 0.6) is 5.75 Å². The number of sulfonamides is 1. The van der Waals surface area contributed by atoms with Crippen LogP contribution >= 0.6 is 0 Å². The van der Waals surface area contributed by atoms with E-state index in [-0.39, 0.29) is 35.6 Å². The zero-order valence-corrected chi connectivity index (χ0v) is 21.1. The predicted molar refractivity (Wildman–Crippen MR) is 130 cm³/mol. The maximum Gasteiger partial charge on any atom is 0.412 e. The standard InChI is InChI=1S/C24H30FN3O6S/c1-15(29)26-13-16-10-17-6-7-18(28(23(30)31)24(2,3)4)11-21(17)27(14-16)35(32,33)19-8-9-20(25)22(12-19)34-5/h6-9,11-12,16H,10,13-14H2,1-5H3,(H,26,29)(H,30,31). The minimum atomic E-state index is -4.19. The first-order chi connectivity index (χ1) is 16.3. The van der Waals surface area contributed by atoms with Crippen molar-refractivity contribution >= 4 is 33.4 Å². The summed E-state index contributed by atoms with van der Waals surface area (Å²) in [6.45, 7) is 6.91. The van der Waals surface area contributed by atoms with Gasteiger partial charge >= 0.3 is 6.09 Å². The first kappa shape index (κ1) is 26.3.